The lowest BCUT2D eigenvalue weighted by Crippen LogP contribution is -2.28. The van der Waals surface area contributed by atoms with Gasteiger partial charge in [0.25, 0.3) is 11.8 Å². The molecule has 0 spiro atoms. The van der Waals surface area contributed by atoms with E-state index in [0.29, 0.717) is 17.0 Å². The Balaban J connectivity index is 1.75. The van der Waals surface area contributed by atoms with Crippen molar-refractivity contribution >= 4 is 17.5 Å². The maximum atomic E-state index is 12.2. The van der Waals surface area contributed by atoms with E-state index in [1.54, 1.807) is 30.6 Å². The quantitative estimate of drug-likeness (QED) is 0.790. The molecule has 1 aromatic heterocycles. The van der Waals surface area contributed by atoms with Crippen LogP contribution in [0.25, 0.3) is 0 Å². The van der Waals surface area contributed by atoms with Gasteiger partial charge in [0.1, 0.15) is 5.75 Å². The number of aromatic nitrogens is 2. The van der Waals surface area contributed by atoms with Gasteiger partial charge in [-0.05, 0) is 25.1 Å². The zero-order chi connectivity index (χ0) is 14.8. The predicted molar refractivity (Wildman–Crippen MR) is 75.0 cm³/mol. The highest BCUT2D eigenvalue weighted by Gasteiger charge is 2.18. The number of benzene rings is 1. The zero-order valence-corrected chi connectivity index (χ0v) is 11.3. The molecule has 2 amide bonds. The molecular formula is C14H14N4O3. The van der Waals surface area contributed by atoms with Gasteiger partial charge in [0.15, 0.2) is 6.61 Å². The van der Waals surface area contributed by atoms with Gasteiger partial charge in [-0.15, -0.1) is 0 Å². The number of aromatic amines is 1. The number of hydrogen-bond donors (Lipinski definition) is 3. The Bertz CT molecular complexity index is 682. The van der Waals surface area contributed by atoms with Gasteiger partial charge in [-0.3, -0.25) is 14.7 Å². The summed E-state index contributed by atoms with van der Waals surface area (Å²) in [7, 11) is 0. The molecule has 1 aliphatic rings. The Morgan fingerprint density at radius 1 is 1.48 bits per heavy atom. The van der Waals surface area contributed by atoms with Crippen molar-refractivity contribution in [3.8, 4) is 5.75 Å². The summed E-state index contributed by atoms with van der Waals surface area (Å²) in [4.78, 5) is 23.4. The fourth-order valence-electron chi connectivity index (χ4n) is 2.08. The molecule has 21 heavy (non-hydrogen) atoms. The Kier molecular flexibility index (Phi) is 3.31. The highest BCUT2D eigenvalue weighted by Crippen LogP contribution is 2.28. The van der Waals surface area contributed by atoms with Crippen LogP contribution in [0.5, 0.6) is 5.75 Å². The van der Waals surface area contributed by atoms with Gasteiger partial charge in [-0.1, -0.05) is 0 Å². The van der Waals surface area contributed by atoms with Crippen molar-refractivity contribution in [2.24, 2.45) is 0 Å². The summed E-state index contributed by atoms with van der Waals surface area (Å²) in [6.07, 6.45) is 3.40. The maximum absolute atomic E-state index is 12.2. The molecule has 0 saturated carbocycles. The van der Waals surface area contributed by atoms with Gasteiger partial charge in [0.05, 0.1) is 17.9 Å². The van der Waals surface area contributed by atoms with Gasteiger partial charge in [0, 0.05) is 17.3 Å². The molecule has 3 N–H and O–H groups in total. The first kappa shape index (κ1) is 13.2. The molecule has 0 bridgehead atoms. The van der Waals surface area contributed by atoms with Crippen LogP contribution in [-0.4, -0.2) is 28.6 Å². The van der Waals surface area contributed by atoms with Gasteiger partial charge < -0.3 is 15.4 Å². The summed E-state index contributed by atoms with van der Waals surface area (Å²) in [6, 6.07) is 4.76. The van der Waals surface area contributed by atoms with E-state index in [0.717, 1.165) is 5.56 Å². The molecule has 0 aliphatic carbocycles. The van der Waals surface area contributed by atoms with E-state index in [1.807, 2.05) is 6.92 Å². The Morgan fingerprint density at radius 2 is 2.33 bits per heavy atom. The highest BCUT2D eigenvalue weighted by atomic mass is 16.5. The van der Waals surface area contributed by atoms with Crippen LogP contribution in [0.3, 0.4) is 0 Å². The van der Waals surface area contributed by atoms with Crippen LogP contribution in [0.1, 0.15) is 28.9 Å². The summed E-state index contributed by atoms with van der Waals surface area (Å²) < 4.78 is 5.30. The molecule has 1 unspecified atom stereocenters. The van der Waals surface area contributed by atoms with E-state index < -0.39 is 0 Å². The second-order valence-electron chi connectivity index (χ2n) is 4.77. The second kappa shape index (κ2) is 5.28. The standard InChI is InChI=1S/C14H14N4O3/c1-8(10-5-15-16-6-10)17-14(20)9-2-3-11-12(4-9)21-7-13(19)18-11/h2-6,8H,7H2,1H3,(H,15,16)(H,17,20)(H,18,19). The molecule has 7 heteroatoms. The van der Waals surface area contributed by atoms with E-state index in [2.05, 4.69) is 20.8 Å². The maximum Gasteiger partial charge on any atom is 0.262 e. The van der Waals surface area contributed by atoms with E-state index in [1.165, 1.54) is 0 Å². The average Bonchev–Trinajstić information content (AvgIpc) is 3.01. The normalized spacial score (nSPS) is 14.6. The van der Waals surface area contributed by atoms with E-state index in [9.17, 15) is 9.59 Å². The van der Waals surface area contributed by atoms with Gasteiger partial charge >= 0.3 is 0 Å². The number of ether oxygens (including phenoxy) is 1. The third-order valence-electron chi connectivity index (χ3n) is 3.24. The average molecular weight is 286 g/mol. The summed E-state index contributed by atoms with van der Waals surface area (Å²) in [5.74, 6) is 0.0819. The summed E-state index contributed by atoms with van der Waals surface area (Å²) in [5.41, 5.74) is 1.94. The molecule has 3 rings (SSSR count). The highest BCUT2D eigenvalue weighted by molar-refractivity contribution is 5.99. The van der Waals surface area contributed by atoms with Crippen molar-refractivity contribution in [1.29, 1.82) is 0 Å². The van der Waals surface area contributed by atoms with Crippen molar-refractivity contribution in [1.82, 2.24) is 15.5 Å². The zero-order valence-electron chi connectivity index (χ0n) is 11.3. The molecule has 2 aromatic rings. The number of nitrogens with one attached hydrogen (secondary N) is 3. The van der Waals surface area contributed by atoms with Crippen molar-refractivity contribution in [2.75, 3.05) is 11.9 Å². The topological polar surface area (TPSA) is 96.1 Å². The number of H-pyrrole nitrogens is 1. The molecular weight excluding hydrogens is 272 g/mol. The van der Waals surface area contributed by atoms with Gasteiger partial charge in [-0.25, -0.2) is 0 Å². The first-order valence-electron chi connectivity index (χ1n) is 6.50. The minimum Gasteiger partial charge on any atom is -0.482 e. The summed E-state index contributed by atoms with van der Waals surface area (Å²) >= 11 is 0. The molecule has 1 aromatic carbocycles. The first-order chi connectivity index (χ1) is 10.1. The van der Waals surface area contributed by atoms with Crippen molar-refractivity contribution in [3.05, 3.63) is 41.7 Å². The Hall–Kier alpha value is -2.83. The minimum atomic E-state index is -0.216. The molecule has 2 heterocycles. The van der Waals surface area contributed by atoms with Crippen molar-refractivity contribution in [2.45, 2.75) is 13.0 Å². The number of nitrogens with zero attached hydrogens (tertiary/aromatic N) is 1. The van der Waals surface area contributed by atoms with Crippen LogP contribution in [0.4, 0.5) is 5.69 Å². The lowest BCUT2D eigenvalue weighted by Gasteiger charge is -2.19. The fraction of sp³-hybridized carbons (Fsp3) is 0.214. The number of fused-ring (bicyclic) bond motifs is 1. The van der Waals surface area contributed by atoms with Crippen LogP contribution in [0.15, 0.2) is 30.6 Å². The number of hydrogen-bond acceptors (Lipinski definition) is 4. The number of anilines is 1. The minimum absolute atomic E-state index is 0.0382. The van der Waals surface area contributed by atoms with Crippen molar-refractivity contribution < 1.29 is 14.3 Å². The SMILES string of the molecule is CC(NC(=O)c1ccc2c(c1)OCC(=O)N2)c1cn[nH]c1. The van der Waals surface area contributed by atoms with Crippen LogP contribution < -0.4 is 15.4 Å². The monoisotopic (exact) mass is 286 g/mol. The van der Waals surface area contributed by atoms with Crippen molar-refractivity contribution in [3.63, 3.8) is 0 Å². The molecule has 0 radical (unpaired) electrons. The number of carbonyl (C=O) groups is 2. The molecule has 0 saturated heterocycles. The number of rotatable bonds is 3. The van der Waals surface area contributed by atoms with E-state index in [-0.39, 0.29) is 24.5 Å². The lowest BCUT2D eigenvalue weighted by molar-refractivity contribution is -0.118. The van der Waals surface area contributed by atoms with Crippen LogP contribution >= 0.6 is 0 Å². The van der Waals surface area contributed by atoms with E-state index >= 15 is 0 Å². The van der Waals surface area contributed by atoms with Crippen LogP contribution in [-0.2, 0) is 4.79 Å². The molecule has 108 valence electrons. The van der Waals surface area contributed by atoms with E-state index in [4.69, 9.17) is 4.74 Å². The summed E-state index contributed by atoms with van der Waals surface area (Å²) in [5, 5.41) is 12.1. The first-order valence-corrected chi connectivity index (χ1v) is 6.50. The molecule has 1 aliphatic heterocycles. The van der Waals surface area contributed by atoms with Gasteiger partial charge in [0.2, 0.25) is 0 Å². The molecule has 7 nitrogen and oxygen atoms in total. The van der Waals surface area contributed by atoms with Crippen LogP contribution in [0, 0.1) is 0 Å². The van der Waals surface area contributed by atoms with Crippen LogP contribution in [0.2, 0.25) is 0 Å². The summed E-state index contributed by atoms with van der Waals surface area (Å²) in [6.45, 7) is 1.83. The number of carbonyl (C=O) groups excluding carboxylic acids is 2. The third kappa shape index (κ3) is 2.71. The second-order valence-corrected chi connectivity index (χ2v) is 4.77. The Labute approximate surface area is 120 Å². The Morgan fingerprint density at radius 3 is 3.10 bits per heavy atom. The largest absolute Gasteiger partial charge is 0.482 e. The third-order valence-corrected chi connectivity index (χ3v) is 3.24. The fourth-order valence-corrected chi connectivity index (χ4v) is 2.08. The lowest BCUT2D eigenvalue weighted by atomic mass is 10.1. The number of amides is 2. The smallest absolute Gasteiger partial charge is 0.262 e. The molecule has 0 fully saturated rings. The van der Waals surface area contributed by atoms with Gasteiger partial charge in [-0.2, -0.15) is 5.10 Å². The predicted octanol–water partition coefficient (Wildman–Crippen LogP) is 1.23. The molecule has 1 atom stereocenters.